The van der Waals surface area contributed by atoms with Crippen LogP contribution in [0, 0.1) is 0 Å². The van der Waals surface area contributed by atoms with Gasteiger partial charge in [0.25, 0.3) is 0 Å². The van der Waals surface area contributed by atoms with Crippen LogP contribution in [-0.2, 0) is 46.4 Å². The van der Waals surface area contributed by atoms with Crippen LogP contribution in [-0.4, -0.2) is 86.7 Å². The Bertz CT molecular complexity index is 2020. The fourth-order valence-electron chi connectivity index (χ4n) is 6.94. The Morgan fingerprint density at radius 1 is 0.695 bits per heavy atom. The van der Waals surface area contributed by atoms with Gasteiger partial charge in [0, 0.05) is 18.4 Å². The number of carbonyl (C=O) groups is 4. The Hall–Kier alpha value is -6.45. The number of benzene rings is 4. The number of nitrogens with one attached hydrogen (secondary N) is 2. The largest absolute Gasteiger partial charge is 0.456 e. The smallest absolute Gasteiger partial charge is 0.407 e. The third kappa shape index (κ3) is 12.0. The molecule has 8 atom stereocenters. The van der Waals surface area contributed by atoms with Crippen molar-refractivity contribution in [3.8, 4) is 0 Å². The zero-order chi connectivity index (χ0) is 41.4. The average molecular weight is 808 g/mol. The predicted molar refractivity (Wildman–Crippen MR) is 211 cm³/mol. The first-order valence-electron chi connectivity index (χ1n) is 19.1. The highest BCUT2D eigenvalue weighted by atomic mass is 16.7. The van der Waals surface area contributed by atoms with Gasteiger partial charge in [0.05, 0.1) is 29.8 Å². The van der Waals surface area contributed by atoms with Crippen LogP contribution in [0.15, 0.2) is 126 Å². The van der Waals surface area contributed by atoms with Crippen molar-refractivity contribution in [2.75, 3.05) is 13.7 Å². The number of alkyl carbamates (subject to hydrolysis) is 2. The van der Waals surface area contributed by atoms with Crippen molar-refractivity contribution in [2.45, 2.75) is 81.4 Å². The van der Waals surface area contributed by atoms with E-state index in [4.69, 9.17) is 33.2 Å². The summed E-state index contributed by atoms with van der Waals surface area (Å²) < 4.78 is 42.2. The molecule has 2 N–H and O–H groups in total. The topological polar surface area (TPSA) is 206 Å². The van der Waals surface area contributed by atoms with Crippen LogP contribution in [0.4, 0.5) is 9.59 Å². The van der Waals surface area contributed by atoms with E-state index in [2.05, 4.69) is 20.7 Å². The van der Waals surface area contributed by atoms with Crippen molar-refractivity contribution in [1.82, 2.24) is 10.6 Å². The molecule has 4 aromatic rings. The van der Waals surface area contributed by atoms with E-state index >= 15 is 0 Å². The maximum atomic E-state index is 13.5. The highest BCUT2D eigenvalue weighted by Crippen LogP contribution is 2.33. The normalized spacial score (nSPS) is 23.7. The third-order valence-corrected chi connectivity index (χ3v) is 9.83. The van der Waals surface area contributed by atoms with Gasteiger partial charge in [-0.05, 0) is 53.8 Å². The van der Waals surface area contributed by atoms with E-state index in [-0.39, 0.29) is 44.6 Å². The molecule has 16 heteroatoms. The standard InChI is InChI=1S/C43H45N5O11/c1-53-38-34(57-39(49)30-18-10-4-11-19-30)23-22-33(46-42(51)54-26-28-14-6-2-7-15-28)37(38)59-41-36(47-43(52)55-27-29-16-8-3-9-17-29)35(24-32(56-41)25-45-48-44)58-40(50)31-20-12-5-13-21-31/h2-21,32-38,41H,22-27H2,1H3,(H,46,51)(H,47,52)/t32-,33-,34-,35-,36+,37+,38+,41+/m0/s1. The van der Waals surface area contributed by atoms with E-state index in [1.165, 1.54) is 7.11 Å². The summed E-state index contributed by atoms with van der Waals surface area (Å²) in [5, 5.41) is 9.34. The number of rotatable bonds is 15. The third-order valence-electron chi connectivity index (χ3n) is 9.83. The van der Waals surface area contributed by atoms with E-state index in [9.17, 15) is 24.7 Å². The first kappa shape index (κ1) is 42.2. The number of carbonyl (C=O) groups excluding carboxylic acids is 4. The summed E-state index contributed by atoms with van der Waals surface area (Å²) in [4.78, 5) is 56.5. The number of azide groups is 1. The van der Waals surface area contributed by atoms with E-state index in [1.54, 1.807) is 84.9 Å². The highest BCUT2D eigenvalue weighted by molar-refractivity contribution is 5.90. The van der Waals surface area contributed by atoms with Gasteiger partial charge in [-0.2, -0.15) is 0 Å². The molecule has 16 nitrogen and oxygen atoms in total. The van der Waals surface area contributed by atoms with Gasteiger partial charge in [-0.15, -0.1) is 0 Å². The second kappa shape index (κ2) is 21.3. The van der Waals surface area contributed by atoms with Crippen LogP contribution in [0.2, 0.25) is 0 Å². The Labute approximate surface area is 340 Å². The SMILES string of the molecule is CO[C@H]1[C@H](O[C@H]2O[C@H](CN=[N+]=[N-])C[C@H](OC(=O)c3ccccc3)[C@H]2NC(=O)OCc2ccccc2)[C@@H](NC(=O)OCc2ccccc2)CC[C@@H]1OC(=O)c1ccccc1. The van der Waals surface area contributed by atoms with Gasteiger partial charge in [0.1, 0.15) is 43.7 Å². The van der Waals surface area contributed by atoms with Crippen LogP contribution in [0.25, 0.3) is 10.4 Å². The number of amides is 2. The summed E-state index contributed by atoms with van der Waals surface area (Å²) in [6.45, 7) is -0.252. The summed E-state index contributed by atoms with van der Waals surface area (Å²) in [5.74, 6) is -1.29. The zero-order valence-electron chi connectivity index (χ0n) is 32.2. The monoisotopic (exact) mass is 807 g/mol. The van der Waals surface area contributed by atoms with Crippen molar-refractivity contribution in [1.29, 1.82) is 0 Å². The summed E-state index contributed by atoms with van der Waals surface area (Å²) in [6, 6.07) is 32.9. The summed E-state index contributed by atoms with van der Waals surface area (Å²) in [7, 11) is 1.41. The van der Waals surface area contributed by atoms with Crippen molar-refractivity contribution >= 4 is 24.1 Å². The van der Waals surface area contributed by atoms with Crippen molar-refractivity contribution < 1.29 is 52.3 Å². The summed E-state index contributed by atoms with van der Waals surface area (Å²) in [6.07, 6.45) is -7.53. The lowest BCUT2D eigenvalue weighted by molar-refractivity contribution is -0.271. The van der Waals surface area contributed by atoms with Gasteiger partial charge in [-0.3, -0.25) is 0 Å². The maximum Gasteiger partial charge on any atom is 0.407 e. The number of esters is 2. The van der Waals surface area contributed by atoms with Gasteiger partial charge in [0.15, 0.2) is 6.29 Å². The first-order chi connectivity index (χ1) is 28.8. The van der Waals surface area contributed by atoms with E-state index < -0.39 is 73.0 Å². The van der Waals surface area contributed by atoms with Crippen LogP contribution < -0.4 is 10.6 Å². The molecule has 1 saturated heterocycles. The zero-order valence-corrected chi connectivity index (χ0v) is 32.2. The summed E-state index contributed by atoms with van der Waals surface area (Å²) in [5.41, 5.74) is 11.3. The molecule has 2 aliphatic rings. The van der Waals surface area contributed by atoms with E-state index in [0.717, 1.165) is 11.1 Å². The molecule has 0 unspecified atom stereocenters. The fourth-order valence-corrected chi connectivity index (χ4v) is 6.94. The second-order valence-electron chi connectivity index (χ2n) is 13.8. The lowest BCUT2D eigenvalue weighted by Crippen LogP contribution is -2.64. The van der Waals surface area contributed by atoms with Crippen molar-refractivity contribution in [3.05, 3.63) is 154 Å². The molecular weight excluding hydrogens is 762 g/mol. The lowest BCUT2D eigenvalue weighted by Gasteiger charge is -2.46. The molecular formula is C43H45N5O11. The molecule has 1 aliphatic carbocycles. The van der Waals surface area contributed by atoms with Gasteiger partial charge >= 0.3 is 24.1 Å². The minimum atomic E-state index is -1.43. The molecule has 1 heterocycles. The molecule has 2 amide bonds. The molecule has 59 heavy (non-hydrogen) atoms. The van der Waals surface area contributed by atoms with Crippen LogP contribution in [0.3, 0.4) is 0 Å². The second-order valence-corrected chi connectivity index (χ2v) is 13.8. The number of hydrogen-bond donors (Lipinski definition) is 2. The molecule has 4 aromatic carbocycles. The lowest BCUT2D eigenvalue weighted by atomic mass is 9.87. The van der Waals surface area contributed by atoms with E-state index in [1.807, 2.05) is 36.4 Å². The van der Waals surface area contributed by atoms with E-state index in [0.29, 0.717) is 5.56 Å². The molecule has 0 aromatic heterocycles. The Balaban J connectivity index is 1.30. The molecule has 1 saturated carbocycles. The molecule has 1 aliphatic heterocycles. The molecule has 2 fully saturated rings. The first-order valence-corrected chi connectivity index (χ1v) is 19.1. The summed E-state index contributed by atoms with van der Waals surface area (Å²) >= 11 is 0. The quantitative estimate of drug-likeness (QED) is 0.0428. The molecule has 0 radical (unpaired) electrons. The fraction of sp³-hybridized carbons (Fsp3) is 0.349. The number of hydrogen-bond acceptors (Lipinski definition) is 12. The minimum Gasteiger partial charge on any atom is -0.456 e. The van der Waals surface area contributed by atoms with Gasteiger partial charge < -0.3 is 43.8 Å². The van der Waals surface area contributed by atoms with Crippen molar-refractivity contribution in [3.63, 3.8) is 0 Å². The predicted octanol–water partition coefficient (Wildman–Crippen LogP) is 6.65. The molecule has 6 rings (SSSR count). The van der Waals surface area contributed by atoms with Crippen LogP contribution in [0.1, 0.15) is 51.1 Å². The minimum absolute atomic E-state index is 0.00564. The number of nitrogens with zero attached hydrogens (tertiary/aromatic N) is 3. The van der Waals surface area contributed by atoms with Crippen LogP contribution in [0.5, 0.6) is 0 Å². The van der Waals surface area contributed by atoms with Crippen LogP contribution >= 0.6 is 0 Å². The Morgan fingerprint density at radius 3 is 1.73 bits per heavy atom. The number of ether oxygens (including phenoxy) is 7. The van der Waals surface area contributed by atoms with Gasteiger partial charge in [0.2, 0.25) is 0 Å². The Morgan fingerprint density at radius 2 is 1.20 bits per heavy atom. The van der Waals surface area contributed by atoms with Crippen molar-refractivity contribution in [2.24, 2.45) is 5.11 Å². The maximum absolute atomic E-state index is 13.5. The van der Waals surface area contributed by atoms with Gasteiger partial charge in [-0.25, -0.2) is 19.2 Å². The molecule has 308 valence electrons. The van der Waals surface area contributed by atoms with Gasteiger partial charge in [-0.1, -0.05) is 102 Å². The molecule has 0 bridgehead atoms. The highest BCUT2D eigenvalue weighted by Gasteiger charge is 2.49. The number of methoxy groups -OCH3 is 1. The molecule has 0 spiro atoms. The average Bonchev–Trinajstić information content (AvgIpc) is 3.27. The Kier molecular flexibility index (Phi) is 15.3.